The molecule has 1 aromatic carbocycles. The van der Waals surface area contributed by atoms with Crippen molar-refractivity contribution in [3.63, 3.8) is 0 Å². The minimum Gasteiger partial charge on any atom is -0.317 e. The van der Waals surface area contributed by atoms with E-state index >= 15 is 0 Å². The fourth-order valence-electron chi connectivity index (χ4n) is 1.86. The predicted octanol–water partition coefficient (Wildman–Crippen LogP) is 5.21. The Morgan fingerprint density at radius 1 is 1.09 bits per heavy atom. The number of nitrogens with zero attached hydrogens (tertiary/aromatic N) is 1. The third-order valence-electron chi connectivity index (χ3n) is 2.98. The van der Waals surface area contributed by atoms with Gasteiger partial charge in [-0.15, -0.1) is 11.8 Å². The maximum Gasteiger partial charge on any atom is 0.0542 e. The molecule has 0 aliphatic rings. The molecule has 0 aliphatic heterocycles. The molecule has 2 aromatic rings. The first-order valence-electron chi connectivity index (χ1n) is 7.80. The SMILES string of the molecule is CC.CCNCCc1ccc(Cl)c(SCc2ccncc2)c1. The number of thioether (sulfide) groups is 1. The normalized spacial score (nSPS) is 10.0. The van der Waals surface area contributed by atoms with Crippen LogP contribution in [0.2, 0.25) is 5.02 Å². The van der Waals surface area contributed by atoms with Crippen LogP contribution >= 0.6 is 23.4 Å². The number of rotatable bonds is 7. The molecule has 2 nitrogen and oxygen atoms in total. The van der Waals surface area contributed by atoms with Crippen molar-refractivity contribution in [1.29, 1.82) is 0 Å². The van der Waals surface area contributed by atoms with Gasteiger partial charge in [0, 0.05) is 23.0 Å². The molecule has 0 aliphatic carbocycles. The van der Waals surface area contributed by atoms with E-state index in [-0.39, 0.29) is 0 Å². The van der Waals surface area contributed by atoms with Crippen LogP contribution in [0.4, 0.5) is 0 Å². The summed E-state index contributed by atoms with van der Waals surface area (Å²) in [6, 6.07) is 10.4. The zero-order valence-electron chi connectivity index (χ0n) is 13.6. The predicted molar refractivity (Wildman–Crippen MR) is 98.8 cm³/mol. The summed E-state index contributed by atoms with van der Waals surface area (Å²) in [5.74, 6) is 0.916. The van der Waals surface area contributed by atoms with E-state index in [2.05, 4.69) is 29.4 Å². The molecule has 120 valence electrons. The maximum absolute atomic E-state index is 6.27. The van der Waals surface area contributed by atoms with Gasteiger partial charge in [0.25, 0.3) is 0 Å². The van der Waals surface area contributed by atoms with Crippen molar-refractivity contribution in [1.82, 2.24) is 10.3 Å². The third kappa shape index (κ3) is 6.82. The molecular formula is C18H25ClN2S. The Labute approximate surface area is 143 Å². The van der Waals surface area contributed by atoms with E-state index in [0.29, 0.717) is 0 Å². The maximum atomic E-state index is 6.27. The number of hydrogen-bond acceptors (Lipinski definition) is 3. The van der Waals surface area contributed by atoms with Gasteiger partial charge in [-0.1, -0.05) is 38.4 Å². The number of aromatic nitrogens is 1. The Bertz CT molecular complexity index is 532. The number of hydrogen-bond donors (Lipinski definition) is 1. The van der Waals surface area contributed by atoms with Crippen LogP contribution in [0.3, 0.4) is 0 Å². The summed E-state index contributed by atoms with van der Waals surface area (Å²) in [4.78, 5) is 5.18. The topological polar surface area (TPSA) is 24.9 Å². The molecule has 0 saturated carbocycles. The molecule has 4 heteroatoms. The highest BCUT2D eigenvalue weighted by Gasteiger charge is 2.04. The summed E-state index contributed by atoms with van der Waals surface area (Å²) >= 11 is 8.05. The molecular weight excluding hydrogens is 312 g/mol. The Kier molecular flexibility index (Phi) is 9.96. The van der Waals surface area contributed by atoms with Crippen molar-refractivity contribution >= 4 is 23.4 Å². The van der Waals surface area contributed by atoms with Gasteiger partial charge in [-0.3, -0.25) is 4.98 Å². The number of benzene rings is 1. The second kappa shape index (κ2) is 11.5. The molecule has 0 fully saturated rings. The largest absolute Gasteiger partial charge is 0.317 e. The van der Waals surface area contributed by atoms with Crippen molar-refractivity contribution in [2.75, 3.05) is 13.1 Å². The van der Waals surface area contributed by atoms with Crippen molar-refractivity contribution in [2.24, 2.45) is 0 Å². The Hall–Kier alpha value is -1.03. The number of nitrogens with one attached hydrogen (secondary N) is 1. The van der Waals surface area contributed by atoms with Crippen LogP contribution in [0.1, 0.15) is 31.9 Å². The minimum absolute atomic E-state index is 0.830. The van der Waals surface area contributed by atoms with Gasteiger partial charge >= 0.3 is 0 Å². The van der Waals surface area contributed by atoms with Gasteiger partial charge in [0.1, 0.15) is 0 Å². The van der Waals surface area contributed by atoms with Gasteiger partial charge in [0.2, 0.25) is 0 Å². The molecule has 0 amide bonds. The summed E-state index contributed by atoms with van der Waals surface area (Å²) in [6.07, 6.45) is 4.68. The Balaban J connectivity index is 0.00000116. The summed E-state index contributed by atoms with van der Waals surface area (Å²) in [7, 11) is 0. The van der Waals surface area contributed by atoms with E-state index in [1.165, 1.54) is 11.1 Å². The summed E-state index contributed by atoms with van der Waals surface area (Å²) < 4.78 is 0. The monoisotopic (exact) mass is 336 g/mol. The number of likely N-dealkylation sites (N-methyl/N-ethyl adjacent to an activating group) is 1. The summed E-state index contributed by atoms with van der Waals surface area (Å²) in [6.45, 7) is 8.14. The zero-order chi connectivity index (χ0) is 16.2. The van der Waals surface area contributed by atoms with E-state index in [0.717, 1.165) is 35.2 Å². The quantitative estimate of drug-likeness (QED) is 0.555. The van der Waals surface area contributed by atoms with Gasteiger partial charge < -0.3 is 5.32 Å². The minimum atomic E-state index is 0.830. The lowest BCUT2D eigenvalue weighted by Crippen LogP contribution is -2.15. The highest BCUT2D eigenvalue weighted by Crippen LogP contribution is 2.30. The molecule has 1 N–H and O–H groups in total. The molecule has 2 rings (SSSR count). The van der Waals surface area contributed by atoms with E-state index in [1.54, 1.807) is 11.8 Å². The molecule has 0 bridgehead atoms. The second-order valence-corrected chi connectivity index (χ2v) is 5.94. The van der Waals surface area contributed by atoms with Crippen LogP contribution in [-0.2, 0) is 12.2 Å². The summed E-state index contributed by atoms with van der Waals surface area (Å²) in [5.41, 5.74) is 2.59. The smallest absolute Gasteiger partial charge is 0.0542 e. The molecule has 1 aromatic heterocycles. The fourth-order valence-corrected chi connectivity index (χ4v) is 3.10. The van der Waals surface area contributed by atoms with Crippen LogP contribution in [0, 0.1) is 0 Å². The molecule has 0 saturated heterocycles. The standard InChI is InChI=1S/C16H19ClN2S.C2H6/c1-2-18-8-5-13-3-4-15(17)16(11-13)20-12-14-6-9-19-10-7-14;1-2/h3-4,6-7,9-11,18H,2,5,8,12H2,1H3;1-2H3. The fraction of sp³-hybridized carbons (Fsp3) is 0.389. The van der Waals surface area contributed by atoms with Crippen LogP contribution in [0.5, 0.6) is 0 Å². The molecule has 0 atom stereocenters. The zero-order valence-corrected chi connectivity index (χ0v) is 15.2. The Morgan fingerprint density at radius 2 is 1.82 bits per heavy atom. The lowest BCUT2D eigenvalue weighted by atomic mass is 10.1. The first-order chi connectivity index (χ1) is 10.8. The average molecular weight is 337 g/mol. The summed E-state index contributed by atoms with van der Waals surface area (Å²) in [5, 5.41) is 4.17. The van der Waals surface area contributed by atoms with Crippen LogP contribution < -0.4 is 5.32 Å². The Morgan fingerprint density at radius 3 is 2.50 bits per heavy atom. The van der Waals surface area contributed by atoms with Crippen molar-refractivity contribution < 1.29 is 0 Å². The van der Waals surface area contributed by atoms with Gasteiger partial charge in [0.05, 0.1) is 5.02 Å². The molecule has 0 spiro atoms. The van der Waals surface area contributed by atoms with Crippen molar-refractivity contribution in [2.45, 2.75) is 37.8 Å². The van der Waals surface area contributed by atoms with Gasteiger partial charge in [-0.05, 0) is 54.9 Å². The van der Waals surface area contributed by atoms with E-state index in [9.17, 15) is 0 Å². The first kappa shape index (κ1) is 19.0. The average Bonchev–Trinajstić information content (AvgIpc) is 2.58. The van der Waals surface area contributed by atoms with Crippen molar-refractivity contribution in [3.8, 4) is 0 Å². The highest BCUT2D eigenvalue weighted by atomic mass is 35.5. The van der Waals surface area contributed by atoms with Crippen molar-refractivity contribution in [3.05, 3.63) is 58.9 Å². The van der Waals surface area contributed by atoms with Gasteiger partial charge in [-0.25, -0.2) is 0 Å². The highest BCUT2D eigenvalue weighted by molar-refractivity contribution is 7.98. The molecule has 0 radical (unpaired) electrons. The molecule has 22 heavy (non-hydrogen) atoms. The molecule has 0 unspecified atom stereocenters. The van der Waals surface area contributed by atoms with Gasteiger partial charge in [-0.2, -0.15) is 0 Å². The lowest BCUT2D eigenvalue weighted by Gasteiger charge is -2.08. The third-order valence-corrected chi connectivity index (χ3v) is 4.55. The van der Waals surface area contributed by atoms with Crippen LogP contribution in [0.15, 0.2) is 47.6 Å². The number of pyridine rings is 1. The van der Waals surface area contributed by atoms with E-state index < -0.39 is 0 Å². The van der Waals surface area contributed by atoms with Crippen LogP contribution in [-0.4, -0.2) is 18.1 Å². The van der Waals surface area contributed by atoms with E-state index in [1.807, 2.05) is 44.4 Å². The molecule has 1 heterocycles. The second-order valence-electron chi connectivity index (χ2n) is 4.51. The number of halogens is 1. The lowest BCUT2D eigenvalue weighted by molar-refractivity contribution is 0.716. The van der Waals surface area contributed by atoms with Crippen LogP contribution in [0.25, 0.3) is 0 Å². The van der Waals surface area contributed by atoms with E-state index in [4.69, 9.17) is 11.6 Å². The van der Waals surface area contributed by atoms with Gasteiger partial charge in [0.15, 0.2) is 0 Å². The first-order valence-corrected chi connectivity index (χ1v) is 9.17.